The molecule has 6 heteroatoms. The van der Waals surface area contributed by atoms with Gasteiger partial charge >= 0.3 is 0 Å². The number of hydrogen-bond donors (Lipinski definition) is 0. The van der Waals surface area contributed by atoms with Crippen LogP contribution in [0.5, 0.6) is 0 Å². The molecule has 3 unspecified atom stereocenters. The summed E-state index contributed by atoms with van der Waals surface area (Å²) < 4.78 is 12.4. The molecule has 0 aliphatic carbocycles. The molecule has 0 radical (unpaired) electrons. The minimum absolute atomic E-state index is 0.0627. The first-order valence-corrected chi connectivity index (χ1v) is 9.14. The minimum Gasteiger partial charge on any atom is -0.342 e. The number of alkyl halides is 1. The van der Waals surface area contributed by atoms with Crippen LogP contribution < -0.4 is 0 Å². The van der Waals surface area contributed by atoms with Crippen molar-refractivity contribution in [1.29, 1.82) is 0 Å². The first-order chi connectivity index (χ1) is 10.9. The van der Waals surface area contributed by atoms with E-state index in [4.69, 9.17) is 44.3 Å². The Morgan fingerprint density at radius 3 is 2.35 bits per heavy atom. The van der Waals surface area contributed by atoms with Gasteiger partial charge in [0, 0.05) is 26.2 Å². The standard InChI is InChI=1S/C17H14BrCl3O2/c1-10(18)17(11-2-4-12(19)5-3-11)22-9-16(23-17)14-7-6-13(20)8-15(14)21/h2-8,10,16H,9H2,1H3. The van der Waals surface area contributed by atoms with Crippen LogP contribution in [0.3, 0.4) is 0 Å². The lowest BCUT2D eigenvalue weighted by molar-refractivity contribution is -0.173. The van der Waals surface area contributed by atoms with Gasteiger partial charge in [0.15, 0.2) is 0 Å². The van der Waals surface area contributed by atoms with E-state index in [2.05, 4.69) is 15.9 Å². The van der Waals surface area contributed by atoms with Crippen LogP contribution in [-0.2, 0) is 15.3 Å². The van der Waals surface area contributed by atoms with Crippen molar-refractivity contribution in [3.8, 4) is 0 Å². The van der Waals surface area contributed by atoms with Gasteiger partial charge in [-0.1, -0.05) is 68.9 Å². The Morgan fingerprint density at radius 2 is 1.74 bits per heavy atom. The summed E-state index contributed by atoms with van der Waals surface area (Å²) in [6, 6.07) is 12.8. The molecule has 3 rings (SSSR count). The Hall–Kier alpha value is -0.290. The van der Waals surface area contributed by atoms with Crippen molar-refractivity contribution >= 4 is 50.7 Å². The van der Waals surface area contributed by atoms with Crippen molar-refractivity contribution in [3.05, 3.63) is 68.7 Å². The van der Waals surface area contributed by atoms with Crippen LogP contribution in [0.2, 0.25) is 15.1 Å². The van der Waals surface area contributed by atoms with E-state index in [1.54, 1.807) is 12.1 Å². The van der Waals surface area contributed by atoms with E-state index in [0.29, 0.717) is 21.7 Å². The average molecular weight is 437 g/mol. The van der Waals surface area contributed by atoms with Crippen LogP contribution in [0.15, 0.2) is 42.5 Å². The van der Waals surface area contributed by atoms with E-state index >= 15 is 0 Å². The van der Waals surface area contributed by atoms with E-state index in [9.17, 15) is 0 Å². The number of hydrogen-bond acceptors (Lipinski definition) is 2. The molecule has 2 aromatic rings. The second kappa shape index (κ2) is 6.91. The van der Waals surface area contributed by atoms with Gasteiger partial charge in [0.05, 0.1) is 11.4 Å². The molecule has 0 N–H and O–H groups in total. The largest absolute Gasteiger partial charge is 0.342 e. The topological polar surface area (TPSA) is 18.5 Å². The molecule has 0 saturated carbocycles. The van der Waals surface area contributed by atoms with E-state index in [0.717, 1.165) is 11.1 Å². The van der Waals surface area contributed by atoms with Gasteiger partial charge in [-0.2, -0.15) is 0 Å². The fraction of sp³-hybridized carbons (Fsp3) is 0.294. The molecule has 1 saturated heterocycles. The maximum Gasteiger partial charge on any atom is 0.208 e. The molecule has 1 aliphatic rings. The molecule has 122 valence electrons. The van der Waals surface area contributed by atoms with E-state index in [1.165, 1.54) is 0 Å². The normalized spacial score (nSPS) is 25.5. The Kier molecular flexibility index (Phi) is 5.27. The van der Waals surface area contributed by atoms with Gasteiger partial charge in [-0.3, -0.25) is 0 Å². The fourth-order valence-corrected chi connectivity index (χ4v) is 3.83. The average Bonchev–Trinajstić information content (AvgIpc) is 2.94. The Morgan fingerprint density at radius 1 is 1.09 bits per heavy atom. The second-order valence-electron chi connectivity index (χ2n) is 5.37. The lowest BCUT2D eigenvalue weighted by atomic mass is 10.0. The highest BCUT2D eigenvalue weighted by Crippen LogP contribution is 2.46. The van der Waals surface area contributed by atoms with Crippen LogP contribution in [0.4, 0.5) is 0 Å². The number of halogens is 4. The lowest BCUT2D eigenvalue weighted by Gasteiger charge is -2.31. The van der Waals surface area contributed by atoms with Crippen LogP contribution in [0.25, 0.3) is 0 Å². The predicted molar refractivity (Wildman–Crippen MR) is 97.8 cm³/mol. The fourth-order valence-electron chi connectivity index (χ4n) is 2.67. The zero-order valence-electron chi connectivity index (χ0n) is 12.2. The first-order valence-electron chi connectivity index (χ1n) is 7.09. The highest BCUT2D eigenvalue weighted by atomic mass is 79.9. The maximum atomic E-state index is 6.30. The van der Waals surface area contributed by atoms with Crippen molar-refractivity contribution in [1.82, 2.24) is 0 Å². The number of ether oxygens (including phenoxy) is 2. The van der Waals surface area contributed by atoms with Gasteiger partial charge in [-0.05, 0) is 31.2 Å². The van der Waals surface area contributed by atoms with Gasteiger partial charge in [-0.15, -0.1) is 0 Å². The molecule has 0 amide bonds. The second-order valence-corrected chi connectivity index (χ2v) is 8.03. The Bertz CT molecular complexity index is 705. The predicted octanol–water partition coefficient (Wildman–Crippen LogP) is 6.37. The summed E-state index contributed by atoms with van der Waals surface area (Å²) >= 11 is 21.9. The van der Waals surface area contributed by atoms with Crippen molar-refractivity contribution in [3.63, 3.8) is 0 Å². The molecule has 0 spiro atoms. The molecule has 1 fully saturated rings. The molecule has 0 aromatic heterocycles. The summed E-state index contributed by atoms with van der Waals surface area (Å²) in [6.45, 7) is 2.39. The molecule has 3 atom stereocenters. The molecular weight excluding hydrogens is 422 g/mol. The molecular formula is C17H14BrCl3O2. The van der Waals surface area contributed by atoms with Gasteiger partial charge in [0.1, 0.15) is 6.10 Å². The minimum atomic E-state index is -0.891. The van der Waals surface area contributed by atoms with E-state index in [1.807, 2.05) is 37.3 Å². The van der Waals surface area contributed by atoms with Gasteiger partial charge < -0.3 is 9.47 Å². The van der Waals surface area contributed by atoms with Crippen LogP contribution in [0, 0.1) is 0 Å². The zero-order valence-corrected chi connectivity index (χ0v) is 16.1. The number of rotatable bonds is 3. The summed E-state index contributed by atoms with van der Waals surface area (Å²) in [7, 11) is 0. The van der Waals surface area contributed by atoms with Gasteiger partial charge in [-0.25, -0.2) is 0 Å². The summed E-state index contributed by atoms with van der Waals surface area (Å²) in [4.78, 5) is -0.0627. The van der Waals surface area contributed by atoms with E-state index in [-0.39, 0.29) is 10.9 Å². The molecule has 2 aromatic carbocycles. The number of benzene rings is 2. The Balaban J connectivity index is 1.94. The van der Waals surface area contributed by atoms with Crippen LogP contribution >= 0.6 is 50.7 Å². The third-order valence-corrected chi connectivity index (χ3v) is 5.26. The van der Waals surface area contributed by atoms with Crippen molar-refractivity contribution in [2.24, 2.45) is 0 Å². The molecule has 0 bridgehead atoms. The van der Waals surface area contributed by atoms with Gasteiger partial charge in [0.2, 0.25) is 5.79 Å². The molecule has 1 aliphatic heterocycles. The maximum absolute atomic E-state index is 6.30. The van der Waals surface area contributed by atoms with Crippen LogP contribution in [-0.4, -0.2) is 11.4 Å². The molecule has 2 nitrogen and oxygen atoms in total. The van der Waals surface area contributed by atoms with Crippen LogP contribution in [0.1, 0.15) is 24.2 Å². The first kappa shape index (κ1) is 17.5. The van der Waals surface area contributed by atoms with E-state index < -0.39 is 5.79 Å². The highest BCUT2D eigenvalue weighted by molar-refractivity contribution is 9.09. The third kappa shape index (κ3) is 3.41. The summed E-state index contributed by atoms with van der Waals surface area (Å²) in [5, 5.41) is 1.83. The zero-order chi connectivity index (χ0) is 16.6. The lowest BCUT2D eigenvalue weighted by Crippen LogP contribution is -2.35. The molecule has 23 heavy (non-hydrogen) atoms. The summed E-state index contributed by atoms with van der Waals surface area (Å²) in [5.74, 6) is -0.891. The molecule has 1 heterocycles. The third-order valence-electron chi connectivity index (χ3n) is 3.85. The summed E-state index contributed by atoms with van der Waals surface area (Å²) in [5.41, 5.74) is 1.76. The monoisotopic (exact) mass is 434 g/mol. The smallest absolute Gasteiger partial charge is 0.208 e. The summed E-state index contributed by atoms with van der Waals surface area (Å²) in [6.07, 6.45) is -0.268. The Labute approximate surface area is 158 Å². The van der Waals surface area contributed by atoms with Crippen molar-refractivity contribution in [2.75, 3.05) is 6.61 Å². The van der Waals surface area contributed by atoms with Crippen molar-refractivity contribution < 1.29 is 9.47 Å². The quantitative estimate of drug-likeness (QED) is 0.521. The highest BCUT2D eigenvalue weighted by Gasteiger charge is 2.47. The SMILES string of the molecule is CC(Br)C1(c2ccc(Cl)cc2)OCC(c2ccc(Cl)cc2Cl)O1. The van der Waals surface area contributed by atoms with Gasteiger partial charge in [0.25, 0.3) is 0 Å². The van der Waals surface area contributed by atoms with Crippen molar-refractivity contribution in [2.45, 2.75) is 23.6 Å².